The van der Waals surface area contributed by atoms with E-state index in [0.29, 0.717) is 23.7 Å². The van der Waals surface area contributed by atoms with Gasteiger partial charge in [0.05, 0.1) is 23.7 Å². The van der Waals surface area contributed by atoms with E-state index in [-0.39, 0.29) is 11.3 Å². The first-order chi connectivity index (χ1) is 8.59. The van der Waals surface area contributed by atoms with E-state index in [2.05, 4.69) is 12.1 Å². The lowest BCUT2D eigenvalue weighted by atomic mass is 9.64. The van der Waals surface area contributed by atoms with E-state index < -0.39 is 9.84 Å². The van der Waals surface area contributed by atoms with Crippen molar-refractivity contribution in [1.82, 2.24) is 0 Å². The van der Waals surface area contributed by atoms with Crippen LogP contribution < -0.4 is 0 Å². The minimum Gasteiger partial charge on any atom is -0.370 e. The zero-order valence-electron chi connectivity index (χ0n) is 10.1. The predicted octanol–water partition coefficient (Wildman–Crippen LogP) is 1.53. The molecule has 2 saturated heterocycles. The topological polar surface area (TPSA) is 46.7 Å². The Bertz CT molecular complexity index is 580. The van der Waals surface area contributed by atoms with Crippen molar-refractivity contribution in [3.8, 4) is 0 Å². The second kappa shape index (κ2) is 3.36. The SMILES string of the molecule is O=S1(=O)C[C@@H]2C[C@H]3O[C@H]3C[C@]2(c2ccccc2)C1. The summed E-state index contributed by atoms with van der Waals surface area (Å²) in [7, 11) is -2.89. The molecule has 1 aromatic carbocycles. The molecular weight excluding hydrogens is 248 g/mol. The molecule has 1 aliphatic carbocycles. The van der Waals surface area contributed by atoms with Crippen molar-refractivity contribution in [2.24, 2.45) is 5.92 Å². The van der Waals surface area contributed by atoms with Gasteiger partial charge in [-0.05, 0) is 24.3 Å². The normalized spacial score (nSPS) is 44.1. The maximum absolute atomic E-state index is 12.1. The van der Waals surface area contributed by atoms with Crippen LogP contribution in [0, 0.1) is 5.92 Å². The summed E-state index contributed by atoms with van der Waals surface area (Å²) in [5.41, 5.74) is 1.00. The molecule has 1 aromatic rings. The fraction of sp³-hybridized carbons (Fsp3) is 0.571. The van der Waals surface area contributed by atoms with E-state index in [9.17, 15) is 8.42 Å². The van der Waals surface area contributed by atoms with Gasteiger partial charge in [-0.3, -0.25) is 0 Å². The summed E-state index contributed by atoms with van der Waals surface area (Å²) in [6.07, 6.45) is 2.43. The van der Waals surface area contributed by atoms with Crippen LogP contribution in [0.1, 0.15) is 18.4 Å². The van der Waals surface area contributed by atoms with Crippen LogP contribution in [0.2, 0.25) is 0 Å². The van der Waals surface area contributed by atoms with Gasteiger partial charge in [-0.1, -0.05) is 30.3 Å². The van der Waals surface area contributed by atoms with Crippen molar-refractivity contribution in [2.75, 3.05) is 11.5 Å². The Labute approximate surface area is 107 Å². The smallest absolute Gasteiger partial charge is 0.151 e. The molecule has 0 aromatic heterocycles. The molecule has 96 valence electrons. The summed E-state index contributed by atoms with van der Waals surface area (Å²) < 4.78 is 29.7. The maximum Gasteiger partial charge on any atom is 0.151 e. The van der Waals surface area contributed by atoms with Crippen LogP contribution >= 0.6 is 0 Å². The van der Waals surface area contributed by atoms with Crippen molar-refractivity contribution < 1.29 is 13.2 Å². The Kier molecular flexibility index (Phi) is 2.06. The average Bonchev–Trinajstić information content (AvgIpc) is 3.00. The Morgan fingerprint density at radius 2 is 1.94 bits per heavy atom. The van der Waals surface area contributed by atoms with Gasteiger partial charge in [-0.15, -0.1) is 0 Å². The lowest BCUT2D eigenvalue weighted by molar-refractivity contribution is 0.271. The zero-order valence-corrected chi connectivity index (χ0v) is 10.9. The van der Waals surface area contributed by atoms with Crippen molar-refractivity contribution in [3.05, 3.63) is 35.9 Å². The number of hydrogen-bond donors (Lipinski definition) is 0. The van der Waals surface area contributed by atoms with Gasteiger partial charge in [-0.25, -0.2) is 8.42 Å². The second-order valence-corrected chi connectivity index (χ2v) is 8.04. The Morgan fingerprint density at radius 1 is 1.17 bits per heavy atom. The second-order valence-electron chi connectivity index (χ2n) is 5.93. The van der Waals surface area contributed by atoms with E-state index in [0.717, 1.165) is 12.8 Å². The number of epoxide rings is 1. The van der Waals surface area contributed by atoms with Gasteiger partial charge in [-0.2, -0.15) is 0 Å². The first-order valence-corrected chi connectivity index (χ1v) is 8.33. The van der Waals surface area contributed by atoms with Gasteiger partial charge < -0.3 is 4.74 Å². The predicted molar refractivity (Wildman–Crippen MR) is 68.2 cm³/mol. The minimum atomic E-state index is -2.89. The Balaban J connectivity index is 1.83. The molecule has 4 heteroatoms. The summed E-state index contributed by atoms with van der Waals surface area (Å²) >= 11 is 0. The minimum absolute atomic E-state index is 0.183. The van der Waals surface area contributed by atoms with Gasteiger partial charge in [0.25, 0.3) is 0 Å². The lowest BCUT2D eigenvalue weighted by Crippen LogP contribution is -2.40. The zero-order chi connectivity index (χ0) is 12.4. The Morgan fingerprint density at radius 3 is 2.72 bits per heavy atom. The quantitative estimate of drug-likeness (QED) is 0.723. The monoisotopic (exact) mass is 264 g/mol. The summed E-state index contributed by atoms with van der Waals surface area (Å²) in [6, 6.07) is 10.2. The number of hydrogen-bond acceptors (Lipinski definition) is 3. The fourth-order valence-corrected chi connectivity index (χ4v) is 6.46. The highest BCUT2D eigenvalue weighted by atomic mass is 32.2. The largest absolute Gasteiger partial charge is 0.370 e. The number of rotatable bonds is 1. The summed E-state index contributed by atoms with van der Waals surface area (Å²) in [6.45, 7) is 0. The third kappa shape index (κ3) is 1.48. The van der Waals surface area contributed by atoms with E-state index >= 15 is 0 Å². The van der Waals surface area contributed by atoms with Gasteiger partial charge in [0.2, 0.25) is 0 Å². The summed E-state index contributed by atoms with van der Waals surface area (Å²) in [4.78, 5) is 0. The molecular formula is C14H16O3S. The van der Waals surface area contributed by atoms with E-state index in [1.165, 1.54) is 5.56 Å². The van der Waals surface area contributed by atoms with Crippen LogP contribution in [0.15, 0.2) is 30.3 Å². The molecule has 0 bridgehead atoms. The number of benzene rings is 1. The van der Waals surface area contributed by atoms with Crippen LogP contribution in [-0.2, 0) is 20.0 Å². The number of sulfone groups is 1. The van der Waals surface area contributed by atoms with E-state index in [4.69, 9.17) is 4.74 Å². The molecule has 18 heavy (non-hydrogen) atoms. The molecule has 1 saturated carbocycles. The molecule has 0 N–H and O–H groups in total. The van der Waals surface area contributed by atoms with Crippen LogP contribution in [0.25, 0.3) is 0 Å². The highest BCUT2D eigenvalue weighted by molar-refractivity contribution is 7.91. The average molecular weight is 264 g/mol. The van der Waals surface area contributed by atoms with Gasteiger partial charge in [0, 0.05) is 5.41 Å². The van der Waals surface area contributed by atoms with Crippen molar-refractivity contribution in [3.63, 3.8) is 0 Å². The van der Waals surface area contributed by atoms with Crippen LogP contribution in [-0.4, -0.2) is 32.1 Å². The number of fused-ring (bicyclic) bond motifs is 2. The molecule has 2 aliphatic heterocycles. The van der Waals surface area contributed by atoms with Gasteiger partial charge in [0.15, 0.2) is 9.84 Å². The third-order valence-corrected chi connectivity index (χ3v) is 6.70. The van der Waals surface area contributed by atoms with Gasteiger partial charge >= 0.3 is 0 Å². The number of ether oxygens (including phenoxy) is 1. The molecule has 0 spiro atoms. The molecule has 0 amide bonds. The van der Waals surface area contributed by atoms with Gasteiger partial charge in [0.1, 0.15) is 0 Å². The van der Waals surface area contributed by atoms with Crippen LogP contribution in [0.4, 0.5) is 0 Å². The fourth-order valence-electron chi connectivity index (χ4n) is 3.97. The third-order valence-electron chi connectivity index (χ3n) is 4.83. The first-order valence-electron chi connectivity index (χ1n) is 6.50. The first kappa shape index (κ1) is 11.0. The highest BCUT2D eigenvalue weighted by Crippen LogP contribution is 2.55. The van der Waals surface area contributed by atoms with Crippen LogP contribution in [0.3, 0.4) is 0 Å². The van der Waals surface area contributed by atoms with Crippen molar-refractivity contribution >= 4 is 9.84 Å². The Hall–Kier alpha value is -0.870. The molecule has 4 rings (SSSR count). The highest BCUT2D eigenvalue weighted by Gasteiger charge is 2.61. The van der Waals surface area contributed by atoms with Crippen molar-refractivity contribution in [1.29, 1.82) is 0 Å². The molecule has 3 nitrogen and oxygen atoms in total. The van der Waals surface area contributed by atoms with Crippen LogP contribution in [0.5, 0.6) is 0 Å². The molecule has 2 heterocycles. The molecule has 0 unspecified atom stereocenters. The van der Waals surface area contributed by atoms with E-state index in [1.54, 1.807) is 0 Å². The summed E-state index contributed by atoms with van der Waals surface area (Å²) in [5, 5.41) is 0. The maximum atomic E-state index is 12.1. The van der Waals surface area contributed by atoms with Crippen molar-refractivity contribution in [2.45, 2.75) is 30.5 Å². The standard InChI is InChI=1S/C14H16O3S/c15-18(16)8-11-6-12-13(17-12)7-14(11,9-18)10-4-2-1-3-5-10/h1-5,11-13H,6-9H2/t11-,12+,13-,14+/m0/s1. The van der Waals surface area contributed by atoms with E-state index in [1.807, 2.05) is 18.2 Å². The molecule has 3 fully saturated rings. The molecule has 3 aliphatic rings. The molecule has 4 atom stereocenters. The summed E-state index contributed by atoms with van der Waals surface area (Å²) in [5.74, 6) is 0.893. The lowest BCUT2D eigenvalue weighted by Gasteiger charge is -2.36. The molecule has 0 radical (unpaired) electrons.